The van der Waals surface area contributed by atoms with Crippen molar-refractivity contribution in [3.8, 4) is 5.75 Å². The molecule has 2 aliphatic heterocycles. The van der Waals surface area contributed by atoms with Crippen LogP contribution in [0.3, 0.4) is 0 Å². The van der Waals surface area contributed by atoms with Gasteiger partial charge in [0.25, 0.3) is 10.0 Å². The molecule has 1 unspecified atom stereocenters. The number of primary sulfonamides is 1. The first kappa shape index (κ1) is 36.6. The number of amides is 1. The van der Waals surface area contributed by atoms with E-state index >= 15 is 0 Å². The Bertz CT molecular complexity index is 1810. The predicted octanol–water partition coefficient (Wildman–Crippen LogP) is 5.87. The number of nitrogens with one attached hydrogen (secondary N) is 1. The van der Waals surface area contributed by atoms with Gasteiger partial charge in [-0.2, -0.15) is 0 Å². The van der Waals surface area contributed by atoms with Gasteiger partial charge in [0.1, 0.15) is 11.9 Å². The number of hydrogen-bond donors (Lipinski definition) is 2. The molecular weight excluding hydrogens is 671 g/mol. The van der Waals surface area contributed by atoms with Crippen molar-refractivity contribution in [2.75, 3.05) is 31.0 Å². The van der Waals surface area contributed by atoms with Crippen LogP contribution in [-0.2, 0) is 47.3 Å². The number of sulfonamides is 2. The van der Waals surface area contributed by atoms with Crippen LogP contribution in [0.4, 0.5) is 10.5 Å². The number of nitrogens with two attached hydrogens (primary N) is 1. The van der Waals surface area contributed by atoms with Crippen LogP contribution in [0, 0.1) is 0 Å². The van der Waals surface area contributed by atoms with Crippen LogP contribution >= 0.6 is 0 Å². The fourth-order valence-corrected chi connectivity index (χ4v) is 7.36. The minimum Gasteiger partial charge on any atom is -0.463 e. The number of benzene rings is 3. The number of anilines is 1. The van der Waals surface area contributed by atoms with E-state index in [1.807, 2.05) is 38.1 Å². The summed E-state index contributed by atoms with van der Waals surface area (Å²) in [6, 6.07) is 17.8. The molecule has 49 heavy (non-hydrogen) atoms. The average molecular weight is 716 g/mol. The fourth-order valence-electron chi connectivity index (χ4n) is 5.71. The van der Waals surface area contributed by atoms with Crippen molar-refractivity contribution in [2.45, 2.75) is 87.1 Å². The molecule has 0 aliphatic carbocycles. The SMILES string of the molecule is CC1(C)OCc2cc(C3CN(CCCCCCOCCCCc4cccc(S(=O)(=O)Nc5ccc(S(N)(=O)=O)cc5)c4)C(=O)O3)ccc2O1. The molecule has 1 atom stereocenters. The molecule has 12 nitrogen and oxygen atoms in total. The molecule has 3 aromatic carbocycles. The highest BCUT2D eigenvalue weighted by molar-refractivity contribution is 7.92. The Morgan fingerprint density at radius 2 is 1.63 bits per heavy atom. The number of ether oxygens (including phenoxy) is 4. The van der Waals surface area contributed by atoms with E-state index in [1.54, 1.807) is 17.0 Å². The van der Waals surface area contributed by atoms with Crippen LogP contribution in [0.2, 0.25) is 0 Å². The predicted molar refractivity (Wildman–Crippen MR) is 184 cm³/mol. The quantitative estimate of drug-likeness (QED) is 0.163. The number of carbonyl (C=O) groups is 1. The number of rotatable bonds is 17. The molecule has 0 saturated carbocycles. The van der Waals surface area contributed by atoms with Crippen LogP contribution in [-0.4, -0.2) is 59.9 Å². The molecule has 1 saturated heterocycles. The van der Waals surface area contributed by atoms with E-state index in [1.165, 1.54) is 30.3 Å². The van der Waals surface area contributed by atoms with Crippen LogP contribution < -0.4 is 14.6 Å². The summed E-state index contributed by atoms with van der Waals surface area (Å²) in [5, 5.41) is 5.10. The normalized spacial score (nSPS) is 17.3. The third kappa shape index (κ3) is 10.4. The van der Waals surface area contributed by atoms with Gasteiger partial charge >= 0.3 is 6.09 Å². The zero-order valence-corrected chi connectivity index (χ0v) is 29.6. The minimum absolute atomic E-state index is 0.0995. The maximum Gasteiger partial charge on any atom is 0.410 e. The molecule has 2 heterocycles. The maximum atomic E-state index is 12.9. The zero-order valence-electron chi connectivity index (χ0n) is 27.9. The van der Waals surface area contributed by atoms with E-state index in [2.05, 4.69) is 4.72 Å². The van der Waals surface area contributed by atoms with Crippen molar-refractivity contribution in [1.82, 2.24) is 4.90 Å². The largest absolute Gasteiger partial charge is 0.463 e. The lowest BCUT2D eigenvalue weighted by Crippen LogP contribution is -2.35. The summed E-state index contributed by atoms with van der Waals surface area (Å²) >= 11 is 0. The molecule has 3 aromatic rings. The fraction of sp³-hybridized carbons (Fsp3) is 0.457. The first-order chi connectivity index (χ1) is 23.3. The van der Waals surface area contributed by atoms with E-state index in [0.717, 1.165) is 61.0 Å². The van der Waals surface area contributed by atoms with Crippen molar-refractivity contribution < 1.29 is 40.6 Å². The summed E-state index contributed by atoms with van der Waals surface area (Å²) in [5.74, 6) is 0.149. The average Bonchev–Trinajstić information content (AvgIpc) is 3.42. The van der Waals surface area contributed by atoms with Crippen molar-refractivity contribution in [1.29, 1.82) is 0 Å². The molecule has 3 N–H and O–H groups in total. The Labute approximate surface area is 289 Å². The molecule has 14 heteroatoms. The Morgan fingerprint density at radius 3 is 2.39 bits per heavy atom. The lowest BCUT2D eigenvalue weighted by Gasteiger charge is -2.32. The summed E-state index contributed by atoms with van der Waals surface area (Å²) in [6.45, 7) is 6.72. The molecule has 2 aliphatic rings. The molecule has 1 fully saturated rings. The van der Waals surface area contributed by atoms with Gasteiger partial charge in [-0.3, -0.25) is 4.72 Å². The summed E-state index contributed by atoms with van der Waals surface area (Å²) in [5.41, 5.74) is 3.04. The van der Waals surface area contributed by atoms with Gasteiger partial charge in [-0.1, -0.05) is 31.0 Å². The van der Waals surface area contributed by atoms with Gasteiger partial charge in [0.2, 0.25) is 15.8 Å². The summed E-state index contributed by atoms with van der Waals surface area (Å²) in [7, 11) is -7.72. The Balaban J connectivity index is 0.923. The molecule has 0 bridgehead atoms. The van der Waals surface area contributed by atoms with Crippen LogP contribution in [0.5, 0.6) is 5.75 Å². The first-order valence-electron chi connectivity index (χ1n) is 16.5. The van der Waals surface area contributed by atoms with Gasteiger partial charge in [-0.05, 0) is 91.8 Å². The first-order valence-corrected chi connectivity index (χ1v) is 19.6. The second-order valence-corrected chi connectivity index (χ2v) is 16.0. The van der Waals surface area contributed by atoms with E-state index in [9.17, 15) is 21.6 Å². The number of nitrogens with zero attached hydrogens (tertiary/aromatic N) is 1. The van der Waals surface area contributed by atoms with E-state index in [4.69, 9.17) is 24.1 Å². The highest BCUT2D eigenvalue weighted by Crippen LogP contribution is 2.35. The van der Waals surface area contributed by atoms with E-state index in [0.29, 0.717) is 39.3 Å². The van der Waals surface area contributed by atoms with Crippen molar-refractivity contribution in [3.63, 3.8) is 0 Å². The number of aryl methyl sites for hydroxylation is 1. The van der Waals surface area contributed by atoms with Crippen molar-refractivity contribution >= 4 is 31.8 Å². The highest BCUT2D eigenvalue weighted by Gasteiger charge is 2.33. The van der Waals surface area contributed by atoms with E-state index in [-0.39, 0.29) is 27.7 Å². The second-order valence-electron chi connectivity index (χ2n) is 12.8. The number of unbranched alkanes of at least 4 members (excludes halogenated alkanes) is 4. The van der Waals surface area contributed by atoms with Gasteiger partial charge in [-0.15, -0.1) is 0 Å². The molecule has 1 amide bonds. The second kappa shape index (κ2) is 15.9. The zero-order chi connectivity index (χ0) is 35.1. The van der Waals surface area contributed by atoms with Crippen LogP contribution in [0.25, 0.3) is 0 Å². The van der Waals surface area contributed by atoms with Gasteiger partial charge in [0.15, 0.2) is 0 Å². The Morgan fingerprint density at radius 1 is 0.898 bits per heavy atom. The Kier molecular flexibility index (Phi) is 11.9. The number of cyclic esters (lactones) is 1. The van der Waals surface area contributed by atoms with Crippen LogP contribution in [0.1, 0.15) is 75.2 Å². The molecule has 0 radical (unpaired) electrons. The highest BCUT2D eigenvalue weighted by atomic mass is 32.2. The van der Waals surface area contributed by atoms with Crippen molar-refractivity contribution in [3.05, 3.63) is 83.4 Å². The van der Waals surface area contributed by atoms with Crippen molar-refractivity contribution in [2.24, 2.45) is 5.14 Å². The van der Waals surface area contributed by atoms with Crippen LogP contribution in [0.15, 0.2) is 76.5 Å². The topological polar surface area (TPSA) is 164 Å². The Hall–Kier alpha value is -3.69. The molecule has 266 valence electrons. The number of fused-ring (bicyclic) bond motifs is 1. The molecular formula is C35H45N3O9S2. The smallest absolute Gasteiger partial charge is 0.410 e. The number of hydrogen-bond acceptors (Lipinski definition) is 9. The summed E-state index contributed by atoms with van der Waals surface area (Å²) < 4.78 is 74.2. The molecule has 0 spiro atoms. The van der Waals surface area contributed by atoms with Gasteiger partial charge in [-0.25, -0.2) is 26.8 Å². The minimum atomic E-state index is -3.86. The lowest BCUT2D eigenvalue weighted by atomic mass is 10.0. The third-order valence-corrected chi connectivity index (χ3v) is 10.7. The third-order valence-electron chi connectivity index (χ3n) is 8.39. The number of carbonyl (C=O) groups excluding carboxylic acids is 1. The van der Waals surface area contributed by atoms with E-state index < -0.39 is 25.8 Å². The van der Waals surface area contributed by atoms with Gasteiger partial charge in [0.05, 0.1) is 22.9 Å². The monoisotopic (exact) mass is 715 g/mol. The lowest BCUT2D eigenvalue weighted by molar-refractivity contribution is -0.180. The standard InChI is InChI=1S/C35H45N3O9S2/c1-35(2)45-25-28-23-27(13-18-32(28)47-35)33-24-38(34(39)46-33)19-6-3-4-7-20-44-21-8-5-10-26-11-9-12-31(22-26)49(42,43)37-29-14-16-30(17-15-29)48(36,40)41/h9,11-18,22-23,33,37H,3-8,10,19-21,24-25H2,1-2H3,(H2,36,40,41). The van der Waals surface area contributed by atoms with Gasteiger partial charge < -0.3 is 23.8 Å². The molecule has 0 aromatic heterocycles. The summed E-state index contributed by atoms with van der Waals surface area (Å²) in [6.07, 6.45) is 5.69. The van der Waals surface area contributed by atoms with Gasteiger partial charge in [0, 0.05) is 44.9 Å². The maximum absolute atomic E-state index is 12.9. The summed E-state index contributed by atoms with van der Waals surface area (Å²) in [4.78, 5) is 14.3. The molecule has 5 rings (SSSR count).